The number of halogens is 1. The Balaban J connectivity index is 1.64. The molecule has 0 aromatic heterocycles. The van der Waals surface area contributed by atoms with Crippen molar-refractivity contribution in [3.8, 4) is 5.75 Å². The molecule has 0 fully saturated rings. The number of amides is 1. The molecule has 7 heteroatoms. The first kappa shape index (κ1) is 18.4. The number of nitro groups is 1. The van der Waals surface area contributed by atoms with Crippen molar-refractivity contribution in [2.75, 3.05) is 13.2 Å². The topological polar surface area (TPSA) is 81.5 Å². The van der Waals surface area contributed by atoms with Gasteiger partial charge in [0.25, 0.3) is 5.69 Å². The number of nitrogens with one attached hydrogen (secondary N) is 1. The second-order valence-electron chi connectivity index (χ2n) is 5.42. The molecule has 0 aliphatic carbocycles. The molecule has 25 heavy (non-hydrogen) atoms. The molecule has 2 aromatic carbocycles. The lowest BCUT2D eigenvalue weighted by atomic mass is 10.1. The Labute approximate surface area is 144 Å². The van der Waals surface area contributed by atoms with Crippen molar-refractivity contribution >= 4 is 11.6 Å². The average molecular weight is 346 g/mol. The lowest BCUT2D eigenvalue weighted by Gasteiger charge is -2.07. The van der Waals surface area contributed by atoms with Crippen molar-refractivity contribution < 1.29 is 18.8 Å². The van der Waals surface area contributed by atoms with Crippen molar-refractivity contribution in [2.45, 2.75) is 19.3 Å². The molecule has 132 valence electrons. The van der Waals surface area contributed by atoms with Crippen LogP contribution in [-0.2, 0) is 11.2 Å². The number of unbranched alkanes of at least 4 members (excludes halogenated alkanes) is 1. The number of carbonyl (C=O) groups is 1. The maximum atomic E-state index is 12.7. The number of para-hydroxylation sites is 1. The predicted molar refractivity (Wildman–Crippen MR) is 90.9 cm³/mol. The van der Waals surface area contributed by atoms with Crippen LogP contribution >= 0.6 is 0 Å². The molecule has 1 N–H and O–H groups in total. The second kappa shape index (κ2) is 9.36. The molecule has 0 saturated heterocycles. The molecule has 0 radical (unpaired) electrons. The molecule has 6 nitrogen and oxygen atoms in total. The zero-order valence-electron chi connectivity index (χ0n) is 13.6. The van der Waals surface area contributed by atoms with E-state index in [2.05, 4.69) is 5.32 Å². The van der Waals surface area contributed by atoms with Gasteiger partial charge in [0.15, 0.2) is 0 Å². The van der Waals surface area contributed by atoms with Gasteiger partial charge in [-0.3, -0.25) is 14.9 Å². The zero-order valence-corrected chi connectivity index (χ0v) is 13.6. The Morgan fingerprint density at radius 3 is 2.56 bits per heavy atom. The summed E-state index contributed by atoms with van der Waals surface area (Å²) in [5.41, 5.74) is 0.343. The van der Waals surface area contributed by atoms with Gasteiger partial charge >= 0.3 is 0 Å². The third-order valence-electron chi connectivity index (χ3n) is 3.51. The van der Waals surface area contributed by atoms with Crippen LogP contribution in [0.5, 0.6) is 5.75 Å². The first-order chi connectivity index (χ1) is 12.1. The lowest BCUT2D eigenvalue weighted by molar-refractivity contribution is -0.385. The van der Waals surface area contributed by atoms with Crippen molar-refractivity contribution in [1.82, 2.24) is 5.32 Å². The molecule has 0 unspecified atom stereocenters. The first-order valence-electron chi connectivity index (χ1n) is 7.93. The van der Waals surface area contributed by atoms with Crippen LogP contribution in [0.3, 0.4) is 0 Å². The Morgan fingerprint density at radius 2 is 1.84 bits per heavy atom. The molecule has 1 amide bonds. The van der Waals surface area contributed by atoms with Gasteiger partial charge in [-0.1, -0.05) is 18.2 Å². The zero-order chi connectivity index (χ0) is 18.1. The molecule has 0 atom stereocenters. The third kappa shape index (κ3) is 6.21. The van der Waals surface area contributed by atoms with Gasteiger partial charge in [-0.2, -0.15) is 0 Å². The van der Waals surface area contributed by atoms with Crippen LogP contribution in [0.2, 0.25) is 0 Å². The van der Waals surface area contributed by atoms with Gasteiger partial charge in [0.1, 0.15) is 11.6 Å². The first-order valence-corrected chi connectivity index (χ1v) is 7.93. The molecular weight excluding hydrogens is 327 g/mol. The summed E-state index contributed by atoms with van der Waals surface area (Å²) in [7, 11) is 0. The standard InChI is InChI=1S/C18H19FN2O4/c19-15-7-9-16(10-8-15)25-12-4-3-11-20-18(22)13-14-5-1-2-6-17(14)21(23)24/h1-2,5-10H,3-4,11-13H2,(H,20,22). The van der Waals surface area contributed by atoms with E-state index in [1.807, 2.05) is 0 Å². The van der Waals surface area contributed by atoms with Crippen molar-refractivity contribution in [3.05, 3.63) is 70.0 Å². The quantitative estimate of drug-likeness (QED) is 0.429. The molecule has 0 bridgehead atoms. The van der Waals surface area contributed by atoms with Gasteiger partial charge < -0.3 is 10.1 Å². The Kier molecular flexibility index (Phi) is 6.88. The molecule has 0 heterocycles. The lowest BCUT2D eigenvalue weighted by Crippen LogP contribution is -2.26. The van der Waals surface area contributed by atoms with Gasteiger partial charge in [-0.05, 0) is 37.1 Å². The van der Waals surface area contributed by atoms with Crippen LogP contribution in [0.25, 0.3) is 0 Å². The fourth-order valence-corrected chi connectivity index (χ4v) is 2.25. The summed E-state index contributed by atoms with van der Waals surface area (Å²) >= 11 is 0. The normalized spacial score (nSPS) is 10.3. The summed E-state index contributed by atoms with van der Waals surface area (Å²) in [6, 6.07) is 12.0. The van der Waals surface area contributed by atoms with E-state index in [1.54, 1.807) is 30.3 Å². The summed E-state index contributed by atoms with van der Waals surface area (Å²) in [5.74, 6) is 0.0318. The highest BCUT2D eigenvalue weighted by Crippen LogP contribution is 2.18. The number of rotatable bonds is 9. The molecule has 0 saturated carbocycles. The van der Waals surface area contributed by atoms with E-state index in [4.69, 9.17) is 4.74 Å². The number of carbonyl (C=O) groups excluding carboxylic acids is 1. The number of hydrogen-bond donors (Lipinski definition) is 1. The molecule has 0 spiro atoms. The van der Waals surface area contributed by atoms with Crippen LogP contribution in [0, 0.1) is 15.9 Å². The minimum atomic E-state index is -0.491. The Morgan fingerprint density at radius 1 is 1.12 bits per heavy atom. The smallest absolute Gasteiger partial charge is 0.273 e. The fraction of sp³-hybridized carbons (Fsp3) is 0.278. The van der Waals surface area contributed by atoms with Gasteiger partial charge in [0, 0.05) is 18.2 Å². The summed E-state index contributed by atoms with van der Waals surface area (Å²) in [5, 5.41) is 13.6. The summed E-state index contributed by atoms with van der Waals surface area (Å²) in [4.78, 5) is 22.3. The van der Waals surface area contributed by atoms with Crippen LogP contribution in [0.15, 0.2) is 48.5 Å². The van der Waals surface area contributed by atoms with E-state index in [0.29, 0.717) is 30.9 Å². The van der Waals surface area contributed by atoms with E-state index < -0.39 is 4.92 Å². The Hall–Kier alpha value is -2.96. The largest absolute Gasteiger partial charge is 0.494 e. The number of nitro benzene ring substituents is 1. The predicted octanol–water partition coefficient (Wildman–Crippen LogP) is 3.25. The number of benzene rings is 2. The van der Waals surface area contributed by atoms with E-state index in [1.165, 1.54) is 18.2 Å². The molecule has 0 aliphatic heterocycles. The fourth-order valence-electron chi connectivity index (χ4n) is 2.25. The average Bonchev–Trinajstić information content (AvgIpc) is 2.60. The monoisotopic (exact) mass is 346 g/mol. The summed E-state index contributed by atoms with van der Waals surface area (Å²) in [6.07, 6.45) is 1.41. The molecule has 2 rings (SSSR count). The van der Waals surface area contributed by atoms with Gasteiger partial charge in [-0.15, -0.1) is 0 Å². The van der Waals surface area contributed by atoms with Crippen molar-refractivity contribution in [2.24, 2.45) is 0 Å². The van der Waals surface area contributed by atoms with Crippen LogP contribution in [-0.4, -0.2) is 24.0 Å². The van der Waals surface area contributed by atoms with Crippen LogP contribution in [0.4, 0.5) is 10.1 Å². The summed E-state index contributed by atoms with van der Waals surface area (Å²) in [6.45, 7) is 0.928. The molecule has 2 aromatic rings. The number of ether oxygens (including phenoxy) is 1. The third-order valence-corrected chi connectivity index (χ3v) is 3.51. The highest BCUT2D eigenvalue weighted by molar-refractivity contribution is 5.79. The van der Waals surface area contributed by atoms with Gasteiger partial charge in [0.2, 0.25) is 5.91 Å². The van der Waals surface area contributed by atoms with Crippen LogP contribution in [0.1, 0.15) is 18.4 Å². The van der Waals surface area contributed by atoms with Crippen LogP contribution < -0.4 is 10.1 Å². The van der Waals surface area contributed by atoms with E-state index in [9.17, 15) is 19.3 Å². The minimum absolute atomic E-state index is 0.0246. The molecule has 0 aliphatic rings. The van der Waals surface area contributed by atoms with Crippen molar-refractivity contribution in [1.29, 1.82) is 0 Å². The molecular formula is C18H19FN2O4. The number of nitrogens with zero attached hydrogens (tertiary/aromatic N) is 1. The Bertz CT molecular complexity index is 719. The maximum Gasteiger partial charge on any atom is 0.273 e. The highest BCUT2D eigenvalue weighted by Gasteiger charge is 2.14. The van der Waals surface area contributed by atoms with Gasteiger partial charge in [-0.25, -0.2) is 4.39 Å². The summed E-state index contributed by atoms with van der Waals surface area (Å²) < 4.78 is 18.2. The van der Waals surface area contributed by atoms with Crippen molar-refractivity contribution in [3.63, 3.8) is 0 Å². The SMILES string of the molecule is O=C(Cc1ccccc1[N+](=O)[O-])NCCCCOc1ccc(F)cc1. The number of hydrogen-bond acceptors (Lipinski definition) is 4. The second-order valence-corrected chi connectivity index (χ2v) is 5.42. The van der Waals surface area contributed by atoms with E-state index >= 15 is 0 Å². The maximum absolute atomic E-state index is 12.7. The highest BCUT2D eigenvalue weighted by atomic mass is 19.1. The minimum Gasteiger partial charge on any atom is -0.494 e. The van der Waals surface area contributed by atoms with Gasteiger partial charge in [0.05, 0.1) is 18.0 Å². The van der Waals surface area contributed by atoms with E-state index in [-0.39, 0.29) is 23.8 Å². The van der Waals surface area contributed by atoms with E-state index in [0.717, 1.165) is 6.42 Å².